The fourth-order valence-electron chi connectivity index (χ4n) is 2.81. The molecule has 27 heavy (non-hydrogen) atoms. The quantitative estimate of drug-likeness (QED) is 0.604. The molecular formula is C20H25ClN4O2. The van der Waals surface area contributed by atoms with Crippen LogP contribution in [0.4, 0.5) is 0 Å². The summed E-state index contributed by atoms with van der Waals surface area (Å²) in [4.78, 5) is 17.3. The van der Waals surface area contributed by atoms with Crippen molar-refractivity contribution in [3.05, 3.63) is 47.2 Å². The van der Waals surface area contributed by atoms with Gasteiger partial charge in [0.05, 0.1) is 22.3 Å². The first-order valence-electron chi connectivity index (χ1n) is 8.93. The third-order valence-electron chi connectivity index (χ3n) is 4.22. The highest BCUT2D eigenvalue weighted by Gasteiger charge is 2.19. The molecule has 144 valence electrons. The van der Waals surface area contributed by atoms with Gasteiger partial charge in [-0.25, -0.2) is 4.98 Å². The Morgan fingerprint density at radius 3 is 2.56 bits per heavy atom. The first-order valence-corrected chi connectivity index (χ1v) is 8.93. The van der Waals surface area contributed by atoms with E-state index in [1.807, 2.05) is 44.2 Å². The van der Waals surface area contributed by atoms with Crippen molar-refractivity contribution in [2.75, 3.05) is 19.6 Å². The van der Waals surface area contributed by atoms with Crippen LogP contribution >= 0.6 is 12.4 Å². The van der Waals surface area contributed by atoms with E-state index in [0.717, 1.165) is 25.1 Å². The van der Waals surface area contributed by atoms with Crippen molar-refractivity contribution in [3.63, 3.8) is 0 Å². The predicted molar refractivity (Wildman–Crippen MR) is 109 cm³/mol. The van der Waals surface area contributed by atoms with E-state index in [9.17, 15) is 4.79 Å². The largest absolute Gasteiger partial charge is 0.351 e. The second kappa shape index (κ2) is 9.48. The summed E-state index contributed by atoms with van der Waals surface area (Å²) in [7, 11) is 0. The van der Waals surface area contributed by atoms with E-state index in [0.29, 0.717) is 34.6 Å². The molecule has 6 nitrogen and oxygen atoms in total. The van der Waals surface area contributed by atoms with E-state index in [1.54, 1.807) is 0 Å². The lowest BCUT2D eigenvalue weighted by Crippen LogP contribution is -2.32. The molecule has 0 aliphatic heterocycles. The maximum absolute atomic E-state index is 12.7. The summed E-state index contributed by atoms with van der Waals surface area (Å²) >= 11 is 0. The Balaban J connectivity index is 0.00000261. The molecule has 1 amide bonds. The predicted octanol–water partition coefficient (Wildman–Crippen LogP) is 3.66. The van der Waals surface area contributed by atoms with Crippen molar-refractivity contribution in [2.24, 2.45) is 0 Å². The number of fused-ring (bicyclic) bond motifs is 1. The minimum atomic E-state index is -0.143. The fourth-order valence-corrected chi connectivity index (χ4v) is 2.81. The van der Waals surface area contributed by atoms with E-state index in [1.165, 1.54) is 5.56 Å². The van der Waals surface area contributed by atoms with Gasteiger partial charge in [0.15, 0.2) is 0 Å². The van der Waals surface area contributed by atoms with Gasteiger partial charge in [-0.05, 0) is 32.9 Å². The van der Waals surface area contributed by atoms with Gasteiger partial charge in [0.1, 0.15) is 0 Å². The minimum Gasteiger partial charge on any atom is -0.351 e. The highest BCUT2D eigenvalue weighted by molar-refractivity contribution is 6.07. The van der Waals surface area contributed by atoms with E-state index in [2.05, 4.69) is 27.7 Å². The van der Waals surface area contributed by atoms with Crippen LogP contribution in [0.3, 0.4) is 0 Å². The number of nitrogens with one attached hydrogen (secondary N) is 2. The average molecular weight is 389 g/mol. The Hall–Kier alpha value is -2.44. The molecule has 0 saturated heterocycles. The molecule has 3 aromatic rings. The Morgan fingerprint density at radius 2 is 1.85 bits per heavy atom. The lowest BCUT2D eigenvalue weighted by Gasteiger charge is -2.09. The second-order valence-corrected chi connectivity index (χ2v) is 6.38. The summed E-state index contributed by atoms with van der Waals surface area (Å²) < 4.78 is 5.33. The van der Waals surface area contributed by atoms with Crippen molar-refractivity contribution in [1.82, 2.24) is 20.8 Å². The number of benzene rings is 1. The normalized spacial score (nSPS) is 10.6. The number of rotatable bonds is 7. The number of hydrogen-bond acceptors (Lipinski definition) is 5. The van der Waals surface area contributed by atoms with Crippen LogP contribution in [0.5, 0.6) is 0 Å². The van der Waals surface area contributed by atoms with Gasteiger partial charge in [-0.2, -0.15) is 0 Å². The molecular weight excluding hydrogens is 364 g/mol. The summed E-state index contributed by atoms with van der Waals surface area (Å²) in [6, 6.07) is 9.83. The van der Waals surface area contributed by atoms with E-state index >= 15 is 0 Å². The Labute approximate surface area is 165 Å². The van der Waals surface area contributed by atoms with Crippen LogP contribution in [-0.4, -0.2) is 35.7 Å². The van der Waals surface area contributed by atoms with E-state index in [-0.39, 0.29) is 18.3 Å². The molecule has 0 saturated carbocycles. The highest BCUT2D eigenvalue weighted by Crippen LogP contribution is 2.27. The zero-order valence-electron chi connectivity index (χ0n) is 15.8. The molecule has 2 aromatic heterocycles. The molecule has 1 aromatic carbocycles. The van der Waals surface area contributed by atoms with Crippen LogP contribution in [-0.2, 0) is 0 Å². The van der Waals surface area contributed by atoms with Crippen LogP contribution in [0, 0.1) is 13.8 Å². The zero-order chi connectivity index (χ0) is 18.5. The fraction of sp³-hybridized carbons (Fsp3) is 0.350. The topological polar surface area (TPSA) is 80.0 Å². The Morgan fingerprint density at radius 1 is 1.11 bits per heavy atom. The van der Waals surface area contributed by atoms with Gasteiger partial charge in [0.25, 0.3) is 11.6 Å². The van der Waals surface area contributed by atoms with E-state index in [4.69, 9.17) is 4.52 Å². The zero-order valence-corrected chi connectivity index (χ0v) is 16.7. The molecule has 0 spiro atoms. The number of amides is 1. The third kappa shape index (κ3) is 4.84. The van der Waals surface area contributed by atoms with Crippen LogP contribution in [0.2, 0.25) is 0 Å². The lowest BCUT2D eigenvalue weighted by molar-refractivity contribution is 0.0955. The molecule has 3 rings (SSSR count). The number of aromatic nitrogens is 2. The SMILES string of the molecule is CCCNCCNC(=O)c1cc(-c2ccc(C)cc2)nc2onc(C)c12.Cl. The lowest BCUT2D eigenvalue weighted by atomic mass is 10.0. The van der Waals surface area contributed by atoms with Crippen molar-refractivity contribution in [3.8, 4) is 11.3 Å². The number of nitrogens with zero attached hydrogens (tertiary/aromatic N) is 2. The molecule has 0 radical (unpaired) electrons. The number of halogens is 1. The third-order valence-corrected chi connectivity index (χ3v) is 4.22. The monoisotopic (exact) mass is 388 g/mol. The molecule has 0 unspecified atom stereocenters. The summed E-state index contributed by atoms with van der Waals surface area (Å²) in [5.41, 5.74) is 4.39. The van der Waals surface area contributed by atoms with Crippen molar-refractivity contribution < 1.29 is 9.32 Å². The summed E-state index contributed by atoms with van der Waals surface area (Å²) in [6.45, 7) is 8.21. The maximum atomic E-state index is 12.7. The molecule has 0 aliphatic carbocycles. The van der Waals surface area contributed by atoms with Crippen LogP contribution in [0.1, 0.15) is 35.0 Å². The molecule has 2 heterocycles. The van der Waals surface area contributed by atoms with Gasteiger partial charge in [-0.1, -0.05) is 41.9 Å². The molecule has 0 fully saturated rings. The second-order valence-electron chi connectivity index (χ2n) is 6.38. The standard InChI is InChI=1S/C20H24N4O2.ClH/c1-4-9-21-10-11-22-19(25)16-12-17(15-7-5-13(2)6-8-15)23-20-18(16)14(3)24-26-20;/h5-8,12,21H,4,9-11H2,1-3H3,(H,22,25);1H. The summed E-state index contributed by atoms with van der Waals surface area (Å²) in [5, 5.41) is 10.9. The van der Waals surface area contributed by atoms with Gasteiger partial charge in [-0.3, -0.25) is 4.79 Å². The number of carbonyl (C=O) groups excluding carboxylic acids is 1. The highest BCUT2D eigenvalue weighted by atomic mass is 35.5. The summed E-state index contributed by atoms with van der Waals surface area (Å²) in [5.74, 6) is -0.143. The molecule has 0 aliphatic rings. The smallest absolute Gasteiger partial charge is 0.259 e. The number of aryl methyl sites for hydroxylation is 2. The minimum absolute atomic E-state index is 0. The van der Waals surface area contributed by atoms with Crippen LogP contribution in [0.15, 0.2) is 34.9 Å². The Bertz CT molecular complexity index is 906. The van der Waals surface area contributed by atoms with Crippen molar-refractivity contribution in [1.29, 1.82) is 0 Å². The molecule has 0 atom stereocenters. The van der Waals surface area contributed by atoms with Crippen molar-refractivity contribution in [2.45, 2.75) is 27.2 Å². The molecule has 2 N–H and O–H groups in total. The number of hydrogen-bond donors (Lipinski definition) is 2. The van der Waals surface area contributed by atoms with Gasteiger partial charge in [-0.15, -0.1) is 12.4 Å². The molecule has 7 heteroatoms. The number of carbonyl (C=O) groups is 1. The van der Waals surface area contributed by atoms with Gasteiger partial charge in [0.2, 0.25) is 0 Å². The average Bonchev–Trinajstić information content (AvgIpc) is 3.02. The van der Waals surface area contributed by atoms with Gasteiger partial charge in [0, 0.05) is 18.7 Å². The van der Waals surface area contributed by atoms with E-state index < -0.39 is 0 Å². The first-order chi connectivity index (χ1) is 12.6. The first kappa shape index (κ1) is 20.9. The van der Waals surface area contributed by atoms with Gasteiger partial charge >= 0.3 is 0 Å². The van der Waals surface area contributed by atoms with Crippen LogP contribution in [0.25, 0.3) is 22.4 Å². The van der Waals surface area contributed by atoms with Crippen molar-refractivity contribution >= 4 is 29.4 Å². The molecule has 0 bridgehead atoms. The Kier molecular flexibility index (Phi) is 7.33. The maximum Gasteiger partial charge on any atom is 0.259 e. The number of pyridine rings is 1. The van der Waals surface area contributed by atoms with Gasteiger partial charge < -0.3 is 15.2 Å². The summed E-state index contributed by atoms with van der Waals surface area (Å²) in [6.07, 6.45) is 1.07. The van der Waals surface area contributed by atoms with Crippen LogP contribution < -0.4 is 10.6 Å².